The lowest BCUT2D eigenvalue weighted by Crippen LogP contribution is -2.39. The predicted octanol–water partition coefficient (Wildman–Crippen LogP) is 2.58. The summed E-state index contributed by atoms with van der Waals surface area (Å²) in [6, 6.07) is 18.7. The van der Waals surface area contributed by atoms with E-state index in [1.807, 2.05) is 18.2 Å². The fourth-order valence-electron chi connectivity index (χ4n) is 1.61. The summed E-state index contributed by atoms with van der Waals surface area (Å²) in [5.74, 6) is 0. The van der Waals surface area contributed by atoms with Gasteiger partial charge in [-0.25, -0.2) is 0 Å². The Morgan fingerprint density at radius 3 is 2.13 bits per heavy atom. The van der Waals surface area contributed by atoms with Crippen molar-refractivity contribution in [2.45, 2.75) is 6.55 Å². The molecule has 0 saturated heterocycles. The quantitative estimate of drug-likeness (QED) is 0.697. The van der Waals surface area contributed by atoms with E-state index in [-0.39, 0.29) is 0 Å². The molecule has 0 aliphatic heterocycles. The van der Waals surface area contributed by atoms with Crippen molar-refractivity contribution in [2.75, 3.05) is 0 Å². The SMILES string of the molecule is C[Si](c1ccccc1)c1ccccc1Cl. The molecule has 75 valence electrons. The maximum absolute atomic E-state index is 6.19. The summed E-state index contributed by atoms with van der Waals surface area (Å²) in [4.78, 5) is 0. The first kappa shape index (κ1) is 10.5. The Hall–Kier alpha value is -1.05. The highest BCUT2D eigenvalue weighted by Gasteiger charge is 2.12. The summed E-state index contributed by atoms with van der Waals surface area (Å²) in [5, 5.41) is 3.57. The van der Waals surface area contributed by atoms with E-state index in [4.69, 9.17) is 11.6 Å². The second-order valence-electron chi connectivity index (χ2n) is 3.47. The third-order valence-corrected chi connectivity index (χ3v) is 5.42. The van der Waals surface area contributed by atoms with Crippen LogP contribution in [-0.4, -0.2) is 8.80 Å². The number of hydrogen-bond donors (Lipinski definition) is 0. The molecule has 0 aromatic heterocycles. The molecule has 0 atom stereocenters. The molecule has 0 aliphatic rings. The highest BCUT2D eigenvalue weighted by molar-refractivity contribution is 6.85. The summed E-state index contributed by atoms with van der Waals surface area (Å²) in [7, 11) is -0.707. The van der Waals surface area contributed by atoms with Gasteiger partial charge in [-0.05, 0) is 11.3 Å². The van der Waals surface area contributed by atoms with E-state index in [9.17, 15) is 0 Å². The lowest BCUT2D eigenvalue weighted by atomic mass is 10.4. The zero-order valence-electron chi connectivity index (χ0n) is 8.57. The molecule has 2 rings (SSSR count). The van der Waals surface area contributed by atoms with Crippen molar-refractivity contribution >= 4 is 30.8 Å². The van der Waals surface area contributed by atoms with E-state index in [1.54, 1.807) is 0 Å². The van der Waals surface area contributed by atoms with Crippen LogP contribution in [0.3, 0.4) is 0 Å². The lowest BCUT2D eigenvalue weighted by molar-refractivity contribution is 1.72. The van der Waals surface area contributed by atoms with Crippen LogP contribution < -0.4 is 10.4 Å². The van der Waals surface area contributed by atoms with Crippen LogP contribution in [0, 0.1) is 0 Å². The molecule has 0 bridgehead atoms. The average molecular weight is 232 g/mol. The fraction of sp³-hybridized carbons (Fsp3) is 0.0769. The molecular formula is C13H12ClSi. The van der Waals surface area contributed by atoms with Gasteiger partial charge in [-0.1, -0.05) is 71.9 Å². The standard InChI is InChI=1S/C13H12ClSi/c1-15(11-7-3-2-4-8-11)13-10-6-5-9-12(13)14/h2-10H,1H3. The maximum atomic E-state index is 6.19. The van der Waals surface area contributed by atoms with Crippen LogP contribution in [0.4, 0.5) is 0 Å². The van der Waals surface area contributed by atoms with Crippen LogP contribution in [-0.2, 0) is 0 Å². The van der Waals surface area contributed by atoms with Crippen LogP contribution >= 0.6 is 11.6 Å². The van der Waals surface area contributed by atoms with Gasteiger partial charge in [0.25, 0.3) is 0 Å². The van der Waals surface area contributed by atoms with Crippen molar-refractivity contribution in [1.82, 2.24) is 0 Å². The van der Waals surface area contributed by atoms with Gasteiger partial charge < -0.3 is 0 Å². The van der Waals surface area contributed by atoms with Gasteiger partial charge in [-0.15, -0.1) is 0 Å². The fourth-order valence-corrected chi connectivity index (χ4v) is 3.96. The Kier molecular flexibility index (Phi) is 3.24. The van der Waals surface area contributed by atoms with Gasteiger partial charge in [0.1, 0.15) is 8.80 Å². The van der Waals surface area contributed by atoms with Crippen molar-refractivity contribution in [3.8, 4) is 0 Å². The Morgan fingerprint density at radius 1 is 0.867 bits per heavy atom. The highest BCUT2D eigenvalue weighted by atomic mass is 35.5. The van der Waals surface area contributed by atoms with Crippen LogP contribution in [0.25, 0.3) is 0 Å². The van der Waals surface area contributed by atoms with Crippen molar-refractivity contribution in [3.05, 3.63) is 59.6 Å². The maximum Gasteiger partial charge on any atom is 0.120 e. The van der Waals surface area contributed by atoms with Crippen LogP contribution in [0.15, 0.2) is 54.6 Å². The molecule has 2 aromatic carbocycles. The smallest absolute Gasteiger partial charge is 0.0845 e. The molecule has 0 nitrogen and oxygen atoms in total. The third-order valence-electron chi connectivity index (χ3n) is 2.48. The molecule has 0 saturated carbocycles. The molecule has 15 heavy (non-hydrogen) atoms. The monoisotopic (exact) mass is 231 g/mol. The van der Waals surface area contributed by atoms with E-state index in [0.717, 1.165) is 5.02 Å². The van der Waals surface area contributed by atoms with Gasteiger partial charge >= 0.3 is 0 Å². The number of benzene rings is 2. The molecule has 0 spiro atoms. The molecule has 0 fully saturated rings. The van der Waals surface area contributed by atoms with Crippen molar-refractivity contribution in [2.24, 2.45) is 0 Å². The first-order valence-electron chi connectivity index (χ1n) is 4.93. The number of hydrogen-bond acceptors (Lipinski definition) is 0. The molecule has 0 N–H and O–H groups in total. The predicted molar refractivity (Wildman–Crippen MR) is 68.8 cm³/mol. The topological polar surface area (TPSA) is 0 Å². The van der Waals surface area contributed by atoms with Gasteiger partial charge in [0.15, 0.2) is 0 Å². The van der Waals surface area contributed by atoms with Crippen LogP contribution in [0.1, 0.15) is 0 Å². The zero-order chi connectivity index (χ0) is 10.7. The van der Waals surface area contributed by atoms with Gasteiger partial charge in [0.2, 0.25) is 0 Å². The van der Waals surface area contributed by atoms with E-state index in [1.165, 1.54) is 10.4 Å². The molecule has 0 aliphatic carbocycles. The number of rotatable bonds is 2. The largest absolute Gasteiger partial charge is 0.120 e. The summed E-state index contributed by atoms with van der Waals surface area (Å²) >= 11 is 6.19. The molecule has 0 unspecified atom stereocenters. The van der Waals surface area contributed by atoms with E-state index in [0.29, 0.717) is 0 Å². The Bertz CT molecular complexity index is 439. The van der Waals surface area contributed by atoms with E-state index in [2.05, 4.69) is 42.9 Å². The third kappa shape index (κ3) is 2.30. The van der Waals surface area contributed by atoms with Gasteiger partial charge in [0, 0.05) is 5.02 Å². The summed E-state index contributed by atoms with van der Waals surface area (Å²) < 4.78 is 0. The molecule has 2 heteroatoms. The first-order valence-corrected chi connectivity index (χ1v) is 7.30. The van der Waals surface area contributed by atoms with Gasteiger partial charge in [-0.3, -0.25) is 0 Å². The van der Waals surface area contributed by atoms with Gasteiger partial charge in [-0.2, -0.15) is 0 Å². The molecular weight excluding hydrogens is 220 g/mol. The Balaban J connectivity index is 2.37. The summed E-state index contributed by atoms with van der Waals surface area (Å²) in [6.45, 7) is 2.28. The van der Waals surface area contributed by atoms with E-state index >= 15 is 0 Å². The second kappa shape index (κ2) is 4.64. The minimum Gasteiger partial charge on any atom is -0.0845 e. The van der Waals surface area contributed by atoms with E-state index < -0.39 is 8.80 Å². The normalized spacial score (nSPS) is 10.6. The summed E-state index contributed by atoms with van der Waals surface area (Å²) in [6.07, 6.45) is 0. The summed E-state index contributed by atoms with van der Waals surface area (Å²) in [5.41, 5.74) is 0. The Labute approximate surface area is 97.1 Å². The molecule has 0 amide bonds. The number of halogens is 1. The molecule has 1 radical (unpaired) electrons. The lowest BCUT2D eigenvalue weighted by Gasteiger charge is -2.11. The Morgan fingerprint density at radius 2 is 1.47 bits per heavy atom. The molecule has 2 aromatic rings. The van der Waals surface area contributed by atoms with Crippen molar-refractivity contribution in [3.63, 3.8) is 0 Å². The first-order chi connectivity index (χ1) is 7.29. The zero-order valence-corrected chi connectivity index (χ0v) is 10.3. The van der Waals surface area contributed by atoms with Crippen LogP contribution in [0.2, 0.25) is 11.6 Å². The van der Waals surface area contributed by atoms with Crippen molar-refractivity contribution < 1.29 is 0 Å². The second-order valence-corrected chi connectivity index (χ2v) is 6.24. The van der Waals surface area contributed by atoms with Gasteiger partial charge in [0.05, 0.1) is 0 Å². The van der Waals surface area contributed by atoms with Crippen LogP contribution in [0.5, 0.6) is 0 Å². The van der Waals surface area contributed by atoms with Crippen molar-refractivity contribution in [1.29, 1.82) is 0 Å². The highest BCUT2D eigenvalue weighted by Crippen LogP contribution is 2.05. The molecule has 0 heterocycles. The average Bonchev–Trinajstić information content (AvgIpc) is 2.30. The minimum absolute atomic E-state index is 0.707. The minimum atomic E-state index is -0.707.